The second-order valence-electron chi connectivity index (χ2n) is 11.4. The summed E-state index contributed by atoms with van der Waals surface area (Å²) in [5, 5.41) is 0.740. The van der Waals surface area contributed by atoms with Crippen molar-refractivity contribution in [2.24, 2.45) is 11.8 Å². The van der Waals surface area contributed by atoms with Gasteiger partial charge in [-0.2, -0.15) is 0 Å². The Labute approximate surface area is 263 Å². The van der Waals surface area contributed by atoms with Gasteiger partial charge in [0.1, 0.15) is 6.42 Å². The van der Waals surface area contributed by atoms with Crippen LogP contribution in [0, 0.1) is 11.8 Å². The van der Waals surface area contributed by atoms with Crippen LogP contribution in [0.4, 0.5) is 0 Å². The van der Waals surface area contributed by atoms with E-state index in [1.807, 2.05) is 17.2 Å². The quantitative estimate of drug-likeness (QED) is 0.260. The van der Waals surface area contributed by atoms with Gasteiger partial charge in [0.25, 0.3) is 0 Å². The summed E-state index contributed by atoms with van der Waals surface area (Å²) in [4.78, 5) is 46.0. The van der Waals surface area contributed by atoms with Crippen LogP contribution in [0.3, 0.4) is 0 Å². The summed E-state index contributed by atoms with van der Waals surface area (Å²) in [6.07, 6.45) is 7.44. The maximum Gasteiger partial charge on any atom is 0.315 e. The van der Waals surface area contributed by atoms with E-state index in [9.17, 15) is 14.4 Å². The largest absolute Gasteiger partial charge is 0.466 e. The fourth-order valence-electron chi connectivity index (χ4n) is 6.72. The summed E-state index contributed by atoms with van der Waals surface area (Å²) in [6, 6.07) is 6.29. The first-order chi connectivity index (χ1) is 19.7. The predicted octanol–water partition coefficient (Wildman–Crippen LogP) is 6.31. The summed E-state index contributed by atoms with van der Waals surface area (Å²) in [5.41, 5.74) is 4.98. The molecule has 2 aliphatic heterocycles. The molecular weight excluding hydrogens is 674 g/mol. The van der Waals surface area contributed by atoms with E-state index >= 15 is 0 Å². The van der Waals surface area contributed by atoms with Crippen LogP contribution in [0.2, 0.25) is 5.02 Å². The van der Waals surface area contributed by atoms with E-state index in [1.165, 1.54) is 16.7 Å². The van der Waals surface area contributed by atoms with Crippen molar-refractivity contribution in [1.82, 2.24) is 14.8 Å². The Balaban J connectivity index is 1.20. The maximum absolute atomic E-state index is 13.3. The number of aromatic nitrogens is 1. The molecule has 2 aromatic rings. The number of fused-ring (bicyclic) bond motifs is 2. The number of pyridine rings is 1. The molecular formula is C31H36Br2ClN3O4. The maximum atomic E-state index is 13.3. The van der Waals surface area contributed by atoms with Gasteiger partial charge in [0, 0.05) is 58.7 Å². The van der Waals surface area contributed by atoms with Crippen molar-refractivity contribution in [2.75, 3.05) is 32.8 Å². The highest BCUT2D eigenvalue weighted by molar-refractivity contribution is 9.10. The van der Waals surface area contributed by atoms with E-state index in [0.717, 1.165) is 71.3 Å². The minimum absolute atomic E-state index is 0.149. The van der Waals surface area contributed by atoms with Gasteiger partial charge in [0.15, 0.2) is 0 Å². The number of carbonyl (C=O) groups excluding carboxylic acids is 3. The fourth-order valence-corrected chi connectivity index (χ4v) is 8.22. The van der Waals surface area contributed by atoms with Crippen molar-refractivity contribution in [2.45, 2.75) is 64.2 Å². The summed E-state index contributed by atoms with van der Waals surface area (Å²) >= 11 is 13.9. The standard InChI is InChI=1S/C31H36Br2ClN3O4/c1-2-41-28(40)17-27(39)36-9-5-19(6-10-36)13-26(38)37-11-7-20(8-12-37)30-29-21(15-24(34)16-25(29)33)3-4-22-14-23(32)18-35-31(22)30/h14-16,18-20,30H,2-13,17H2,1H3. The third-order valence-electron chi connectivity index (χ3n) is 8.81. The lowest BCUT2D eigenvalue weighted by Crippen LogP contribution is -2.43. The molecule has 0 N–H and O–H groups in total. The molecule has 2 amide bonds. The molecule has 1 aliphatic carbocycles. The number of esters is 1. The van der Waals surface area contributed by atoms with Crippen LogP contribution in [0.25, 0.3) is 0 Å². The van der Waals surface area contributed by atoms with Gasteiger partial charge in [0.05, 0.1) is 12.3 Å². The van der Waals surface area contributed by atoms with Gasteiger partial charge in [-0.05, 0) is 108 Å². The van der Waals surface area contributed by atoms with Gasteiger partial charge in [-0.1, -0.05) is 27.5 Å². The third kappa shape index (κ3) is 7.16. The number of halogens is 3. The van der Waals surface area contributed by atoms with Crippen molar-refractivity contribution in [3.05, 3.63) is 60.7 Å². The molecule has 220 valence electrons. The Morgan fingerprint density at radius 1 is 0.951 bits per heavy atom. The highest BCUT2D eigenvalue weighted by Gasteiger charge is 2.37. The number of ether oxygens (including phenoxy) is 1. The van der Waals surface area contributed by atoms with Gasteiger partial charge in [-0.3, -0.25) is 19.4 Å². The Hall–Kier alpha value is -1.97. The summed E-state index contributed by atoms with van der Waals surface area (Å²) in [6.45, 7) is 4.65. The van der Waals surface area contributed by atoms with Crippen molar-refractivity contribution < 1.29 is 19.1 Å². The zero-order valence-electron chi connectivity index (χ0n) is 23.3. The number of benzene rings is 1. The van der Waals surface area contributed by atoms with E-state index in [1.54, 1.807) is 11.8 Å². The molecule has 1 aromatic heterocycles. The van der Waals surface area contributed by atoms with Crippen LogP contribution in [-0.2, 0) is 32.0 Å². The van der Waals surface area contributed by atoms with Crippen LogP contribution in [0.5, 0.6) is 0 Å². The van der Waals surface area contributed by atoms with E-state index < -0.39 is 5.97 Å². The van der Waals surface area contributed by atoms with Gasteiger partial charge in [-0.15, -0.1) is 0 Å². The molecule has 0 spiro atoms. The molecule has 41 heavy (non-hydrogen) atoms. The van der Waals surface area contributed by atoms with E-state index in [2.05, 4.69) is 44.0 Å². The highest BCUT2D eigenvalue weighted by Crippen LogP contribution is 2.46. The average molecular weight is 710 g/mol. The summed E-state index contributed by atoms with van der Waals surface area (Å²) in [5.74, 6) is 0.319. The molecule has 0 radical (unpaired) electrons. The Morgan fingerprint density at radius 2 is 1.61 bits per heavy atom. The predicted molar refractivity (Wildman–Crippen MR) is 165 cm³/mol. The van der Waals surface area contributed by atoms with Gasteiger partial charge in [-0.25, -0.2) is 0 Å². The number of carbonyl (C=O) groups is 3. The minimum atomic E-state index is -0.478. The first-order valence-corrected chi connectivity index (χ1v) is 16.5. The van der Waals surface area contributed by atoms with Gasteiger partial charge in [0.2, 0.25) is 11.8 Å². The second-order valence-corrected chi connectivity index (χ2v) is 13.6. The Kier molecular flexibility index (Phi) is 10.1. The molecule has 5 rings (SSSR count). The molecule has 2 fully saturated rings. The number of likely N-dealkylation sites (tertiary alicyclic amines) is 2. The molecule has 2 saturated heterocycles. The highest BCUT2D eigenvalue weighted by atomic mass is 79.9. The number of hydrogen-bond acceptors (Lipinski definition) is 5. The molecule has 3 aliphatic rings. The van der Waals surface area contributed by atoms with Crippen LogP contribution in [0.15, 0.2) is 33.3 Å². The van der Waals surface area contributed by atoms with Crippen molar-refractivity contribution in [3.63, 3.8) is 0 Å². The lowest BCUT2D eigenvalue weighted by Gasteiger charge is -2.38. The average Bonchev–Trinajstić information content (AvgIpc) is 3.10. The number of piperidine rings is 2. The molecule has 0 saturated carbocycles. The Bertz CT molecular complexity index is 1310. The minimum Gasteiger partial charge on any atom is -0.466 e. The van der Waals surface area contributed by atoms with E-state index in [4.69, 9.17) is 21.3 Å². The lowest BCUT2D eigenvalue weighted by molar-refractivity contribution is -0.149. The van der Waals surface area contributed by atoms with Crippen LogP contribution >= 0.6 is 43.5 Å². The van der Waals surface area contributed by atoms with Crippen LogP contribution in [0.1, 0.15) is 73.8 Å². The van der Waals surface area contributed by atoms with E-state index in [-0.39, 0.29) is 36.7 Å². The number of rotatable bonds is 6. The molecule has 3 heterocycles. The zero-order chi connectivity index (χ0) is 29.1. The van der Waals surface area contributed by atoms with Crippen LogP contribution in [-0.4, -0.2) is 65.4 Å². The monoisotopic (exact) mass is 707 g/mol. The smallest absolute Gasteiger partial charge is 0.315 e. The number of hydrogen-bond donors (Lipinski definition) is 0. The van der Waals surface area contributed by atoms with Gasteiger partial charge < -0.3 is 14.5 Å². The van der Waals surface area contributed by atoms with Crippen LogP contribution < -0.4 is 0 Å². The topological polar surface area (TPSA) is 79.8 Å². The van der Waals surface area contributed by atoms with E-state index in [0.29, 0.717) is 25.4 Å². The number of aryl methyl sites for hydroxylation is 2. The number of amides is 2. The first-order valence-electron chi connectivity index (χ1n) is 14.6. The van der Waals surface area contributed by atoms with Gasteiger partial charge >= 0.3 is 5.97 Å². The van der Waals surface area contributed by atoms with Crippen molar-refractivity contribution in [1.29, 1.82) is 0 Å². The summed E-state index contributed by atoms with van der Waals surface area (Å²) in [7, 11) is 0. The molecule has 7 nitrogen and oxygen atoms in total. The van der Waals surface area contributed by atoms with Crippen molar-refractivity contribution >= 4 is 61.2 Å². The molecule has 1 aromatic carbocycles. The molecule has 1 unspecified atom stereocenters. The second kappa shape index (κ2) is 13.6. The normalized spacial score (nSPS) is 19.8. The summed E-state index contributed by atoms with van der Waals surface area (Å²) < 4.78 is 6.93. The Morgan fingerprint density at radius 3 is 2.32 bits per heavy atom. The zero-order valence-corrected chi connectivity index (χ0v) is 27.3. The van der Waals surface area contributed by atoms with Crippen molar-refractivity contribution in [3.8, 4) is 0 Å². The number of nitrogens with zero attached hydrogens (tertiary/aromatic N) is 3. The first kappa shape index (κ1) is 30.5. The molecule has 1 atom stereocenters. The fraction of sp³-hybridized carbons (Fsp3) is 0.548. The third-order valence-corrected chi connectivity index (χ3v) is 10.1. The SMILES string of the molecule is CCOC(=O)CC(=O)N1CCC(CC(=O)N2CCC(C3c4ncc(Br)cc4CCc4cc(Cl)cc(Br)c43)CC2)CC1. The molecule has 10 heteroatoms. The lowest BCUT2D eigenvalue weighted by atomic mass is 9.76. The molecule has 0 bridgehead atoms.